The van der Waals surface area contributed by atoms with E-state index in [-0.39, 0.29) is 10.8 Å². The summed E-state index contributed by atoms with van der Waals surface area (Å²) < 4.78 is 11.7. The molecule has 2 rings (SSSR count). The van der Waals surface area contributed by atoms with Crippen LogP contribution in [-0.2, 0) is 10.8 Å². The fraction of sp³-hybridized carbons (Fsp3) is 0.435. The van der Waals surface area contributed by atoms with Gasteiger partial charge in [0.1, 0.15) is 31.0 Å². The molecule has 0 radical (unpaired) electrons. The lowest BCUT2D eigenvalue weighted by Gasteiger charge is -2.27. The molecule has 0 saturated carbocycles. The van der Waals surface area contributed by atoms with Crippen molar-refractivity contribution >= 4 is 6.29 Å². The molecule has 0 aromatic heterocycles. The van der Waals surface area contributed by atoms with E-state index in [2.05, 4.69) is 59.7 Å². The molecule has 0 spiro atoms. The molecular weight excluding hydrogens is 324 g/mol. The van der Waals surface area contributed by atoms with E-state index in [1.165, 1.54) is 11.1 Å². The summed E-state index contributed by atoms with van der Waals surface area (Å²) in [6, 6.07) is 13.5. The summed E-state index contributed by atoms with van der Waals surface area (Å²) in [6.45, 7) is 14.2. The van der Waals surface area contributed by atoms with Crippen LogP contribution < -0.4 is 9.47 Å². The first kappa shape index (κ1) is 20.0. The van der Waals surface area contributed by atoms with Crippen LogP contribution in [-0.4, -0.2) is 19.5 Å². The van der Waals surface area contributed by atoms with Gasteiger partial charge in [0, 0.05) is 5.56 Å². The summed E-state index contributed by atoms with van der Waals surface area (Å²) in [6.07, 6.45) is 0.822. The number of hydrogen-bond acceptors (Lipinski definition) is 3. The number of ether oxygens (including phenoxy) is 2. The summed E-state index contributed by atoms with van der Waals surface area (Å²) >= 11 is 0. The van der Waals surface area contributed by atoms with Gasteiger partial charge in [-0.2, -0.15) is 0 Å². The van der Waals surface area contributed by atoms with Crippen molar-refractivity contribution in [1.29, 1.82) is 0 Å². The average Bonchev–Trinajstić information content (AvgIpc) is 2.57. The van der Waals surface area contributed by atoms with Crippen LogP contribution in [0.2, 0.25) is 0 Å². The lowest BCUT2D eigenvalue weighted by molar-refractivity contribution is 0.112. The van der Waals surface area contributed by atoms with Gasteiger partial charge in [0.15, 0.2) is 0 Å². The van der Waals surface area contributed by atoms with E-state index in [9.17, 15) is 4.79 Å². The highest BCUT2D eigenvalue weighted by Crippen LogP contribution is 2.35. The van der Waals surface area contributed by atoms with Crippen LogP contribution in [0, 0.1) is 0 Å². The summed E-state index contributed by atoms with van der Waals surface area (Å²) in [5, 5.41) is 0. The van der Waals surface area contributed by atoms with Gasteiger partial charge < -0.3 is 9.47 Å². The average molecular weight is 354 g/mol. The zero-order valence-corrected chi connectivity index (χ0v) is 16.8. The predicted molar refractivity (Wildman–Crippen MR) is 107 cm³/mol. The van der Waals surface area contributed by atoms with E-state index >= 15 is 0 Å². The first-order valence-electron chi connectivity index (χ1n) is 9.07. The largest absolute Gasteiger partial charge is 0.490 e. The molecule has 0 atom stereocenters. The van der Waals surface area contributed by atoms with Gasteiger partial charge in [0.25, 0.3) is 0 Å². The van der Waals surface area contributed by atoms with Crippen LogP contribution in [0.25, 0.3) is 0 Å². The molecule has 2 aromatic rings. The minimum atomic E-state index is 0.00209. The second kappa shape index (κ2) is 7.94. The number of benzene rings is 2. The molecule has 0 amide bonds. The lowest BCUT2D eigenvalue weighted by Crippen LogP contribution is -2.18. The zero-order chi connectivity index (χ0) is 19.4. The van der Waals surface area contributed by atoms with Crippen LogP contribution in [0.3, 0.4) is 0 Å². The van der Waals surface area contributed by atoms with Gasteiger partial charge in [-0.3, -0.25) is 4.79 Å². The Labute approximate surface area is 157 Å². The Morgan fingerprint density at radius 3 is 1.96 bits per heavy atom. The number of carbonyl (C=O) groups is 1. The van der Waals surface area contributed by atoms with Crippen LogP contribution in [0.15, 0.2) is 42.5 Å². The monoisotopic (exact) mass is 354 g/mol. The van der Waals surface area contributed by atoms with Crippen molar-refractivity contribution in [2.45, 2.75) is 52.4 Å². The topological polar surface area (TPSA) is 35.5 Å². The lowest BCUT2D eigenvalue weighted by atomic mass is 9.80. The number of aldehydes is 1. The van der Waals surface area contributed by atoms with Crippen LogP contribution >= 0.6 is 0 Å². The van der Waals surface area contributed by atoms with Crippen LogP contribution in [0.1, 0.15) is 63.0 Å². The third-order valence-electron chi connectivity index (χ3n) is 4.28. The Kier molecular flexibility index (Phi) is 6.12. The molecule has 0 aliphatic carbocycles. The Balaban J connectivity index is 2.02. The van der Waals surface area contributed by atoms with E-state index in [1.807, 2.05) is 0 Å². The fourth-order valence-electron chi connectivity index (χ4n) is 2.66. The van der Waals surface area contributed by atoms with Crippen molar-refractivity contribution in [1.82, 2.24) is 0 Å². The van der Waals surface area contributed by atoms with Crippen molar-refractivity contribution in [2.24, 2.45) is 0 Å². The van der Waals surface area contributed by atoms with Gasteiger partial charge in [-0.25, -0.2) is 0 Å². The third-order valence-corrected chi connectivity index (χ3v) is 4.28. The van der Waals surface area contributed by atoms with Gasteiger partial charge >= 0.3 is 0 Å². The van der Waals surface area contributed by atoms with E-state index in [4.69, 9.17) is 9.47 Å². The quantitative estimate of drug-likeness (QED) is 0.504. The Morgan fingerprint density at radius 2 is 1.42 bits per heavy atom. The van der Waals surface area contributed by atoms with Crippen LogP contribution in [0.5, 0.6) is 11.5 Å². The zero-order valence-electron chi connectivity index (χ0n) is 16.8. The molecule has 140 valence electrons. The molecule has 0 aliphatic heterocycles. The molecule has 0 unspecified atom stereocenters. The number of hydrogen-bond donors (Lipinski definition) is 0. The molecule has 0 heterocycles. The third kappa shape index (κ3) is 5.35. The van der Waals surface area contributed by atoms with Crippen LogP contribution in [0.4, 0.5) is 0 Å². The van der Waals surface area contributed by atoms with Gasteiger partial charge in [-0.1, -0.05) is 53.7 Å². The minimum absolute atomic E-state index is 0.00209. The molecule has 0 saturated heterocycles. The van der Waals surface area contributed by atoms with Gasteiger partial charge in [0.05, 0.1) is 0 Å². The van der Waals surface area contributed by atoms with Crippen molar-refractivity contribution in [3.8, 4) is 11.5 Å². The maximum Gasteiger partial charge on any atom is 0.150 e. The second-order valence-corrected chi connectivity index (χ2v) is 8.59. The maximum absolute atomic E-state index is 10.7. The van der Waals surface area contributed by atoms with E-state index < -0.39 is 0 Å². The molecule has 2 aromatic carbocycles. The second-order valence-electron chi connectivity index (χ2n) is 8.59. The van der Waals surface area contributed by atoms with Crippen molar-refractivity contribution in [2.75, 3.05) is 13.2 Å². The van der Waals surface area contributed by atoms with Crippen molar-refractivity contribution in [3.05, 3.63) is 59.2 Å². The molecule has 0 N–H and O–H groups in total. The van der Waals surface area contributed by atoms with Gasteiger partial charge in [-0.15, -0.1) is 0 Å². The molecule has 0 aliphatic rings. The molecule has 3 heteroatoms. The predicted octanol–water partition coefficient (Wildman–Crippen LogP) is 5.55. The van der Waals surface area contributed by atoms with E-state index in [0.717, 1.165) is 17.8 Å². The van der Waals surface area contributed by atoms with E-state index in [0.29, 0.717) is 18.8 Å². The molecular formula is C23H30O3. The summed E-state index contributed by atoms with van der Waals surface area (Å²) in [7, 11) is 0. The maximum atomic E-state index is 10.7. The normalized spacial score (nSPS) is 11.9. The van der Waals surface area contributed by atoms with Gasteiger partial charge in [0.2, 0.25) is 0 Å². The van der Waals surface area contributed by atoms with E-state index in [1.54, 1.807) is 24.3 Å². The highest BCUT2D eigenvalue weighted by Gasteiger charge is 2.23. The summed E-state index contributed by atoms with van der Waals surface area (Å²) in [5.74, 6) is 1.64. The molecule has 3 nitrogen and oxygen atoms in total. The Hall–Kier alpha value is -2.29. The number of carbonyl (C=O) groups excluding carboxylic acids is 1. The molecule has 0 bridgehead atoms. The molecule has 0 fully saturated rings. The first-order valence-corrected chi connectivity index (χ1v) is 9.07. The van der Waals surface area contributed by atoms with Crippen molar-refractivity contribution < 1.29 is 14.3 Å². The highest BCUT2D eigenvalue weighted by molar-refractivity contribution is 5.74. The first-order chi connectivity index (χ1) is 12.1. The Bertz CT molecular complexity index is 732. The summed E-state index contributed by atoms with van der Waals surface area (Å²) in [5.41, 5.74) is 3.26. The van der Waals surface area contributed by atoms with Crippen molar-refractivity contribution in [3.63, 3.8) is 0 Å². The molecule has 26 heavy (non-hydrogen) atoms. The minimum Gasteiger partial charge on any atom is -0.490 e. The Morgan fingerprint density at radius 1 is 0.808 bits per heavy atom. The standard InChI is InChI=1S/C23H30O3/c1-22(2,3)18-9-12-21(20(15-18)23(4,5)6)26-14-13-25-19-10-7-17(16-24)8-11-19/h7-12,15-16H,13-14H2,1-6H3. The number of rotatable bonds is 6. The SMILES string of the molecule is CC(C)(C)c1ccc(OCCOc2ccc(C=O)cc2)c(C(C)(C)C)c1. The smallest absolute Gasteiger partial charge is 0.150 e. The summed E-state index contributed by atoms with van der Waals surface area (Å²) in [4.78, 5) is 10.7. The van der Waals surface area contributed by atoms with Gasteiger partial charge in [-0.05, 0) is 52.3 Å². The fourth-order valence-corrected chi connectivity index (χ4v) is 2.66. The highest BCUT2D eigenvalue weighted by atomic mass is 16.5.